The van der Waals surface area contributed by atoms with Gasteiger partial charge in [-0.05, 0) is 6.92 Å². The van der Waals surface area contributed by atoms with E-state index in [4.69, 9.17) is 9.84 Å². The van der Waals surface area contributed by atoms with Crippen LogP contribution in [-0.4, -0.2) is 52.5 Å². The molecule has 0 aliphatic heterocycles. The minimum atomic E-state index is -0.920. The molecule has 8 heteroatoms. The van der Waals surface area contributed by atoms with Crippen LogP contribution in [0.1, 0.15) is 13.0 Å². The number of nitrogens with one attached hydrogen (secondary N) is 1. The van der Waals surface area contributed by atoms with Crippen molar-refractivity contribution in [1.82, 2.24) is 14.9 Å². The fourth-order valence-electron chi connectivity index (χ4n) is 1.38. The molecule has 2 N–H and O–H groups in total. The third-order valence-corrected chi connectivity index (χ3v) is 3.33. The molecule has 0 radical (unpaired) electrons. The molecule has 106 valence electrons. The Morgan fingerprint density at radius 2 is 2.37 bits per heavy atom. The van der Waals surface area contributed by atoms with Crippen molar-refractivity contribution < 1.29 is 19.4 Å². The fourth-order valence-corrected chi connectivity index (χ4v) is 2.14. The van der Waals surface area contributed by atoms with Gasteiger partial charge in [0.25, 0.3) is 0 Å². The second-order valence-electron chi connectivity index (χ2n) is 3.76. The Kier molecular flexibility index (Phi) is 6.37. The molecular weight excluding hydrogens is 270 g/mol. The van der Waals surface area contributed by atoms with Crippen molar-refractivity contribution in [3.8, 4) is 0 Å². The Hall–Kier alpha value is -1.54. The van der Waals surface area contributed by atoms with Crippen LogP contribution in [0.15, 0.2) is 17.6 Å². The van der Waals surface area contributed by atoms with E-state index in [1.165, 1.54) is 0 Å². The smallest absolute Gasteiger partial charge is 0.313 e. The Morgan fingerprint density at radius 1 is 1.63 bits per heavy atom. The average molecular weight is 287 g/mol. The first kappa shape index (κ1) is 15.5. The highest BCUT2D eigenvalue weighted by Crippen LogP contribution is 2.19. The number of ether oxygens (including phenoxy) is 1. The van der Waals surface area contributed by atoms with E-state index < -0.39 is 12.0 Å². The van der Waals surface area contributed by atoms with Gasteiger partial charge in [0, 0.05) is 26.0 Å². The summed E-state index contributed by atoms with van der Waals surface area (Å²) in [7, 11) is 1.56. The Balaban J connectivity index is 2.60. The Bertz CT molecular complexity index is 435. The van der Waals surface area contributed by atoms with E-state index in [1.54, 1.807) is 31.0 Å². The number of aliphatic carboxylic acids is 1. The topological polar surface area (TPSA) is 93.5 Å². The number of carbonyl (C=O) groups is 2. The highest BCUT2D eigenvalue weighted by molar-refractivity contribution is 7.99. The molecule has 19 heavy (non-hydrogen) atoms. The van der Waals surface area contributed by atoms with E-state index in [0.717, 1.165) is 11.8 Å². The lowest BCUT2D eigenvalue weighted by Gasteiger charge is -2.15. The molecule has 0 fully saturated rings. The predicted octanol–water partition coefficient (Wildman–Crippen LogP) is 0.383. The summed E-state index contributed by atoms with van der Waals surface area (Å²) in [5, 5.41) is 11.9. The number of carboxylic acids is 1. The maximum atomic E-state index is 11.9. The maximum Gasteiger partial charge on any atom is 0.313 e. The number of amides is 1. The molecule has 0 aromatic carbocycles. The van der Waals surface area contributed by atoms with E-state index in [1.807, 2.05) is 0 Å². The van der Waals surface area contributed by atoms with Crippen molar-refractivity contribution in [1.29, 1.82) is 0 Å². The van der Waals surface area contributed by atoms with Gasteiger partial charge < -0.3 is 19.7 Å². The number of imidazole rings is 1. The van der Waals surface area contributed by atoms with Crippen molar-refractivity contribution in [3.05, 3.63) is 12.4 Å². The van der Waals surface area contributed by atoms with E-state index in [0.29, 0.717) is 18.3 Å². The quantitative estimate of drug-likeness (QED) is 0.530. The molecule has 0 saturated carbocycles. The lowest BCUT2D eigenvalue weighted by molar-refractivity contribution is -0.133. The standard InChI is InChI=1S/C11H17N3O4S/c1-8(10(17)12-4-6-18-2)14-5-3-13-11(14)19-7-9(15)16/h3,5,8H,4,6-7H2,1-2H3,(H,12,17)(H,15,16). The number of carboxylic acid groups (broad SMARTS) is 1. The van der Waals surface area contributed by atoms with Gasteiger partial charge in [0.2, 0.25) is 5.91 Å². The summed E-state index contributed by atoms with van der Waals surface area (Å²) >= 11 is 1.08. The van der Waals surface area contributed by atoms with Crippen molar-refractivity contribution in [2.24, 2.45) is 0 Å². The van der Waals surface area contributed by atoms with Gasteiger partial charge >= 0.3 is 5.97 Å². The van der Waals surface area contributed by atoms with Crippen LogP contribution in [0.5, 0.6) is 0 Å². The van der Waals surface area contributed by atoms with Crippen LogP contribution in [0.2, 0.25) is 0 Å². The van der Waals surface area contributed by atoms with Gasteiger partial charge in [0.15, 0.2) is 5.16 Å². The van der Waals surface area contributed by atoms with Crippen LogP contribution in [0.4, 0.5) is 0 Å². The van der Waals surface area contributed by atoms with Crippen LogP contribution in [0.25, 0.3) is 0 Å². The number of carbonyl (C=O) groups excluding carboxylic acids is 1. The molecule has 1 heterocycles. The van der Waals surface area contributed by atoms with Gasteiger partial charge in [0.05, 0.1) is 12.4 Å². The number of thioether (sulfide) groups is 1. The summed E-state index contributed by atoms with van der Waals surface area (Å²) in [4.78, 5) is 26.4. The Morgan fingerprint density at radius 3 is 3.00 bits per heavy atom. The lowest BCUT2D eigenvalue weighted by atomic mass is 10.3. The summed E-state index contributed by atoms with van der Waals surface area (Å²) in [5.74, 6) is -1.17. The van der Waals surface area contributed by atoms with Crippen molar-refractivity contribution >= 4 is 23.6 Å². The van der Waals surface area contributed by atoms with Crippen LogP contribution in [0.3, 0.4) is 0 Å². The average Bonchev–Trinajstić information content (AvgIpc) is 2.83. The predicted molar refractivity (Wildman–Crippen MR) is 70.2 cm³/mol. The van der Waals surface area contributed by atoms with Crippen LogP contribution in [-0.2, 0) is 14.3 Å². The molecule has 7 nitrogen and oxygen atoms in total. The zero-order valence-corrected chi connectivity index (χ0v) is 11.6. The molecular formula is C11H17N3O4S. The second kappa shape index (κ2) is 7.80. The highest BCUT2D eigenvalue weighted by atomic mass is 32.2. The molecule has 0 aliphatic carbocycles. The SMILES string of the molecule is COCCNC(=O)C(C)n1ccnc1SCC(=O)O. The first-order valence-electron chi connectivity index (χ1n) is 5.70. The van der Waals surface area contributed by atoms with Gasteiger partial charge in [-0.2, -0.15) is 0 Å². The zero-order valence-electron chi connectivity index (χ0n) is 10.8. The highest BCUT2D eigenvalue weighted by Gasteiger charge is 2.18. The van der Waals surface area contributed by atoms with Crippen molar-refractivity contribution in [2.45, 2.75) is 18.1 Å². The molecule has 0 spiro atoms. The van der Waals surface area contributed by atoms with Crippen LogP contribution in [0, 0.1) is 0 Å². The second-order valence-corrected chi connectivity index (χ2v) is 4.70. The van der Waals surface area contributed by atoms with E-state index >= 15 is 0 Å². The van der Waals surface area contributed by atoms with Crippen LogP contribution >= 0.6 is 11.8 Å². The number of rotatable bonds is 8. The largest absolute Gasteiger partial charge is 0.481 e. The number of aromatic nitrogens is 2. The monoisotopic (exact) mass is 287 g/mol. The number of hydrogen-bond acceptors (Lipinski definition) is 5. The van der Waals surface area contributed by atoms with E-state index in [-0.39, 0.29) is 11.7 Å². The summed E-state index contributed by atoms with van der Waals surface area (Å²) in [6.07, 6.45) is 3.20. The first-order chi connectivity index (χ1) is 9.06. The molecule has 1 aromatic heterocycles. The molecule has 0 bridgehead atoms. The molecule has 1 unspecified atom stereocenters. The summed E-state index contributed by atoms with van der Waals surface area (Å²) in [6.45, 7) is 2.61. The fraction of sp³-hybridized carbons (Fsp3) is 0.545. The Labute approximate surface area is 115 Å². The minimum absolute atomic E-state index is 0.0883. The van der Waals surface area contributed by atoms with Crippen molar-refractivity contribution in [2.75, 3.05) is 26.0 Å². The first-order valence-corrected chi connectivity index (χ1v) is 6.69. The van der Waals surface area contributed by atoms with Gasteiger partial charge in [-0.3, -0.25) is 9.59 Å². The molecule has 1 aromatic rings. The summed E-state index contributed by atoms with van der Waals surface area (Å²) in [5.41, 5.74) is 0. The van der Waals surface area contributed by atoms with Gasteiger partial charge in [-0.15, -0.1) is 0 Å². The number of methoxy groups -OCH3 is 1. The van der Waals surface area contributed by atoms with Crippen molar-refractivity contribution in [3.63, 3.8) is 0 Å². The van der Waals surface area contributed by atoms with Gasteiger partial charge in [-0.25, -0.2) is 4.98 Å². The summed E-state index contributed by atoms with van der Waals surface area (Å²) < 4.78 is 6.50. The molecule has 0 saturated heterocycles. The van der Waals surface area contributed by atoms with E-state index in [2.05, 4.69) is 10.3 Å². The van der Waals surface area contributed by atoms with Gasteiger partial charge in [-0.1, -0.05) is 11.8 Å². The zero-order chi connectivity index (χ0) is 14.3. The third-order valence-electron chi connectivity index (χ3n) is 2.36. The molecule has 0 aliphatic rings. The third kappa shape index (κ3) is 4.92. The number of hydrogen-bond donors (Lipinski definition) is 2. The van der Waals surface area contributed by atoms with E-state index in [9.17, 15) is 9.59 Å². The molecule has 1 rings (SSSR count). The molecule has 1 amide bonds. The molecule has 1 atom stereocenters. The maximum absolute atomic E-state index is 11.9. The number of nitrogens with zero attached hydrogens (tertiary/aromatic N) is 2. The summed E-state index contributed by atoms with van der Waals surface area (Å²) in [6, 6.07) is -0.448. The lowest BCUT2D eigenvalue weighted by Crippen LogP contribution is -2.33. The van der Waals surface area contributed by atoms with Crippen LogP contribution < -0.4 is 5.32 Å². The normalized spacial score (nSPS) is 12.1. The minimum Gasteiger partial charge on any atom is -0.481 e. The van der Waals surface area contributed by atoms with Gasteiger partial charge in [0.1, 0.15) is 6.04 Å².